The van der Waals surface area contributed by atoms with Gasteiger partial charge in [-0.1, -0.05) is 0 Å². The van der Waals surface area contributed by atoms with Crippen LogP contribution in [-0.2, 0) is 4.74 Å². The molecule has 1 aromatic heterocycles. The van der Waals surface area contributed by atoms with Gasteiger partial charge in [0.05, 0.1) is 13.4 Å². The van der Waals surface area contributed by atoms with Crippen LogP contribution in [0.1, 0.15) is 12.5 Å². The summed E-state index contributed by atoms with van der Waals surface area (Å²) in [5, 5.41) is 0. The summed E-state index contributed by atoms with van der Waals surface area (Å²) in [6, 6.07) is 2.00. The van der Waals surface area contributed by atoms with Gasteiger partial charge < -0.3 is 4.74 Å². The molecule has 0 N–H and O–H groups in total. The Morgan fingerprint density at radius 3 is 2.92 bits per heavy atom. The van der Waals surface area contributed by atoms with Gasteiger partial charge in [0, 0.05) is 16.9 Å². The maximum absolute atomic E-state index is 4.89. The number of hydrogen-bond acceptors (Lipinski definition) is 2. The number of halogens is 1. The van der Waals surface area contributed by atoms with E-state index in [1.165, 1.54) is 0 Å². The zero-order valence-electron chi connectivity index (χ0n) is 7.04. The summed E-state index contributed by atoms with van der Waals surface area (Å²) in [6.45, 7) is 1.98. The van der Waals surface area contributed by atoms with Gasteiger partial charge in [-0.05, 0) is 40.1 Å². The number of ether oxygens (including phenoxy) is 1. The second-order valence-corrected chi connectivity index (χ2v) is 3.34. The standard InChI is InChI=1S/C9H10BrNO/c1-7(6-12-2)8-3-9(10)5-11-4-8/h3-6H,1-2H3/b7-6+. The van der Waals surface area contributed by atoms with E-state index in [1.807, 2.05) is 13.0 Å². The van der Waals surface area contributed by atoms with Gasteiger partial charge in [-0.25, -0.2) is 0 Å². The third-order valence-corrected chi connectivity index (χ3v) is 1.89. The van der Waals surface area contributed by atoms with Gasteiger partial charge in [0.15, 0.2) is 0 Å². The van der Waals surface area contributed by atoms with E-state index in [0.29, 0.717) is 0 Å². The maximum atomic E-state index is 4.89. The highest BCUT2D eigenvalue weighted by molar-refractivity contribution is 9.10. The smallest absolute Gasteiger partial charge is 0.0860 e. The number of aromatic nitrogens is 1. The zero-order chi connectivity index (χ0) is 8.97. The van der Waals surface area contributed by atoms with Crippen molar-refractivity contribution in [2.75, 3.05) is 7.11 Å². The zero-order valence-corrected chi connectivity index (χ0v) is 8.63. The molecule has 0 fully saturated rings. The van der Waals surface area contributed by atoms with Crippen molar-refractivity contribution >= 4 is 21.5 Å². The van der Waals surface area contributed by atoms with Crippen molar-refractivity contribution in [3.05, 3.63) is 34.8 Å². The largest absolute Gasteiger partial charge is 0.504 e. The van der Waals surface area contributed by atoms with E-state index in [4.69, 9.17) is 4.74 Å². The van der Waals surface area contributed by atoms with Crippen LogP contribution in [0.15, 0.2) is 29.2 Å². The minimum atomic E-state index is 0.976. The van der Waals surface area contributed by atoms with Gasteiger partial charge >= 0.3 is 0 Å². The summed E-state index contributed by atoms with van der Waals surface area (Å²) < 4.78 is 5.87. The first-order valence-corrected chi connectivity index (χ1v) is 4.34. The fourth-order valence-electron chi connectivity index (χ4n) is 0.872. The van der Waals surface area contributed by atoms with Crippen LogP contribution < -0.4 is 0 Å². The fourth-order valence-corrected chi connectivity index (χ4v) is 1.24. The Hall–Kier alpha value is -0.830. The van der Waals surface area contributed by atoms with E-state index in [1.54, 1.807) is 25.8 Å². The number of pyridine rings is 1. The summed E-state index contributed by atoms with van der Waals surface area (Å²) in [5.41, 5.74) is 2.12. The molecule has 0 unspecified atom stereocenters. The number of methoxy groups -OCH3 is 1. The molecule has 1 heterocycles. The second kappa shape index (κ2) is 4.26. The van der Waals surface area contributed by atoms with Crippen molar-refractivity contribution in [1.82, 2.24) is 4.98 Å². The molecule has 0 saturated carbocycles. The lowest BCUT2D eigenvalue weighted by Gasteiger charge is -2.00. The molecule has 0 atom stereocenters. The number of hydrogen-bond donors (Lipinski definition) is 0. The summed E-state index contributed by atoms with van der Waals surface area (Å²) in [6.07, 6.45) is 5.25. The fraction of sp³-hybridized carbons (Fsp3) is 0.222. The minimum absolute atomic E-state index is 0.976. The monoisotopic (exact) mass is 227 g/mol. The molecule has 3 heteroatoms. The van der Waals surface area contributed by atoms with Gasteiger partial charge in [0.1, 0.15) is 0 Å². The van der Waals surface area contributed by atoms with Crippen LogP contribution in [0.3, 0.4) is 0 Å². The Morgan fingerprint density at radius 1 is 1.58 bits per heavy atom. The maximum Gasteiger partial charge on any atom is 0.0860 e. The predicted molar refractivity (Wildman–Crippen MR) is 52.6 cm³/mol. The van der Waals surface area contributed by atoms with E-state index < -0.39 is 0 Å². The molecular weight excluding hydrogens is 218 g/mol. The molecule has 0 bridgehead atoms. The number of allylic oxidation sites excluding steroid dienone is 1. The molecule has 64 valence electrons. The van der Waals surface area contributed by atoms with Crippen LogP contribution in [0.4, 0.5) is 0 Å². The molecule has 0 amide bonds. The molecule has 0 aliphatic rings. The van der Waals surface area contributed by atoms with Crippen molar-refractivity contribution in [2.45, 2.75) is 6.92 Å². The molecular formula is C9H10BrNO. The minimum Gasteiger partial charge on any atom is -0.504 e. The number of rotatable bonds is 2. The van der Waals surface area contributed by atoms with E-state index in [2.05, 4.69) is 20.9 Å². The van der Waals surface area contributed by atoms with Crippen LogP contribution in [0.25, 0.3) is 5.57 Å². The molecule has 0 saturated heterocycles. The molecule has 1 aromatic rings. The van der Waals surface area contributed by atoms with Gasteiger partial charge in [-0.15, -0.1) is 0 Å². The Labute approximate surface area is 80.4 Å². The summed E-state index contributed by atoms with van der Waals surface area (Å²) in [7, 11) is 1.63. The van der Waals surface area contributed by atoms with Crippen molar-refractivity contribution in [3.63, 3.8) is 0 Å². The van der Waals surface area contributed by atoms with Crippen LogP contribution in [-0.4, -0.2) is 12.1 Å². The molecule has 0 aliphatic carbocycles. The second-order valence-electron chi connectivity index (χ2n) is 2.43. The molecule has 12 heavy (non-hydrogen) atoms. The summed E-state index contributed by atoms with van der Waals surface area (Å²) in [5.74, 6) is 0. The summed E-state index contributed by atoms with van der Waals surface area (Å²) >= 11 is 3.35. The van der Waals surface area contributed by atoms with Crippen molar-refractivity contribution in [2.24, 2.45) is 0 Å². The molecule has 2 nitrogen and oxygen atoms in total. The van der Waals surface area contributed by atoms with Gasteiger partial charge in [-0.3, -0.25) is 4.98 Å². The Morgan fingerprint density at radius 2 is 2.33 bits per heavy atom. The van der Waals surface area contributed by atoms with E-state index >= 15 is 0 Å². The van der Waals surface area contributed by atoms with Crippen LogP contribution in [0.5, 0.6) is 0 Å². The van der Waals surface area contributed by atoms with Crippen LogP contribution in [0.2, 0.25) is 0 Å². The Bertz CT molecular complexity index is 296. The van der Waals surface area contributed by atoms with E-state index in [0.717, 1.165) is 15.6 Å². The van der Waals surface area contributed by atoms with Crippen molar-refractivity contribution < 1.29 is 4.74 Å². The molecule has 1 rings (SSSR count). The third-order valence-electron chi connectivity index (χ3n) is 1.45. The molecule has 0 spiro atoms. The van der Waals surface area contributed by atoms with E-state index in [-0.39, 0.29) is 0 Å². The molecule has 0 aromatic carbocycles. The Kier molecular flexibility index (Phi) is 3.29. The SMILES string of the molecule is CO/C=C(\C)c1cncc(Br)c1. The predicted octanol–water partition coefficient (Wildman–Crippen LogP) is 2.85. The van der Waals surface area contributed by atoms with Crippen LogP contribution >= 0.6 is 15.9 Å². The number of nitrogens with zero attached hydrogens (tertiary/aromatic N) is 1. The first kappa shape index (κ1) is 9.26. The first-order valence-electron chi connectivity index (χ1n) is 3.54. The highest BCUT2D eigenvalue weighted by Crippen LogP contribution is 2.16. The van der Waals surface area contributed by atoms with Crippen LogP contribution in [0, 0.1) is 0 Å². The molecule has 0 aliphatic heterocycles. The normalized spacial score (nSPS) is 11.4. The Balaban J connectivity index is 2.95. The van der Waals surface area contributed by atoms with Gasteiger partial charge in [-0.2, -0.15) is 0 Å². The lowest BCUT2D eigenvalue weighted by atomic mass is 10.1. The first-order chi connectivity index (χ1) is 5.74. The average Bonchev–Trinajstić information content (AvgIpc) is 2.05. The third kappa shape index (κ3) is 2.34. The van der Waals surface area contributed by atoms with E-state index in [9.17, 15) is 0 Å². The lowest BCUT2D eigenvalue weighted by Crippen LogP contribution is -1.82. The van der Waals surface area contributed by atoms with Crippen molar-refractivity contribution in [3.8, 4) is 0 Å². The van der Waals surface area contributed by atoms with Gasteiger partial charge in [0.25, 0.3) is 0 Å². The molecule has 0 radical (unpaired) electrons. The summed E-state index contributed by atoms with van der Waals surface area (Å²) in [4.78, 5) is 4.04. The van der Waals surface area contributed by atoms with Gasteiger partial charge in [0.2, 0.25) is 0 Å². The topological polar surface area (TPSA) is 22.1 Å². The quantitative estimate of drug-likeness (QED) is 0.726. The lowest BCUT2D eigenvalue weighted by molar-refractivity contribution is 0.339. The highest BCUT2D eigenvalue weighted by atomic mass is 79.9. The highest BCUT2D eigenvalue weighted by Gasteiger charge is 1.96. The average molecular weight is 228 g/mol. The van der Waals surface area contributed by atoms with Crippen molar-refractivity contribution in [1.29, 1.82) is 0 Å².